The maximum Gasteiger partial charge on any atom is 0.140 e. The van der Waals surface area contributed by atoms with Crippen LogP contribution in [0.2, 0.25) is 0 Å². The van der Waals surface area contributed by atoms with Gasteiger partial charge in [-0.3, -0.25) is 0 Å². The quantitative estimate of drug-likeness (QED) is 0.889. The smallest absolute Gasteiger partial charge is 0.140 e. The lowest BCUT2D eigenvalue weighted by Gasteiger charge is -2.12. The zero-order valence-electron chi connectivity index (χ0n) is 11.3. The van der Waals surface area contributed by atoms with Crippen molar-refractivity contribution in [2.24, 2.45) is 0 Å². The summed E-state index contributed by atoms with van der Waals surface area (Å²) in [7, 11) is 0. The molecule has 1 aromatic heterocycles. The molecule has 0 saturated heterocycles. The van der Waals surface area contributed by atoms with Gasteiger partial charge in [-0.05, 0) is 30.4 Å². The number of benzene rings is 1. The topological polar surface area (TPSA) is 42.7 Å². The SMILES string of the molecule is CCCn1ncnc1CNC1Cc2ccccc2C1. The predicted octanol–water partition coefficient (Wildman–Crippen LogP) is 1.95. The molecule has 0 spiro atoms. The molecule has 0 amide bonds. The highest BCUT2D eigenvalue weighted by Crippen LogP contribution is 2.21. The first-order chi connectivity index (χ1) is 9.36. The lowest BCUT2D eigenvalue weighted by Crippen LogP contribution is -2.30. The van der Waals surface area contributed by atoms with Gasteiger partial charge >= 0.3 is 0 Å². The van der Waals surface area contributed by atoms with Crippen LogP contribution in [0, 0.1) is 0 Å². The van der Waals surface area contributed by atoms with E-state index in [2.05, 4.69) is 46.6 Å². The molecule has 0 aliphatic heterocycles. The molecule has 0 fully saturated rings. The van der Waals surface area contributed by atoms with Crippen molar-refractivity contribution in [1.82, 2.24) is 20.1 Å². The van der Waals surface area contributed by atoms with E-state index in [1.165, 1.54) is 11.1 Å². The Bertz CT molecular complexity index is 522. The average Bonchev–Trinajstić information content (AvgIpc) is 3.02. The van der Waals surface area contributed by atoms with Crippen LogP contribution in [0.1, 0.15) is 30.3 Å². The maximum atomic E-state index is 4.33. The number of nitrogens with one attached hydrogen (secondary N) is 1. The molecule has 4 nitrogen and oxygen atoms in total. The molecule has 0 radical (unpaired) electrons. The Morgan fingerprint density at radius 3 is 2.68 bits per heavy atom. The molecule has 1 N–H and O–H groups in total. The first-order valence-electron chi connectivity index (χ1n) is 7.03. The molecular weight excluding hydrogens is 236 g/mol. The maximum absolute atomic E-state index is 4.33. The third kappa shape index (κ3) is 2.68. The average molecular weight is 256 g/mol. The van der Waals surface area contributed by atoms with E-state index < -0.39 is 0 Å². The van der Waals surface area contributed by atoms with Gasteiger partial charge in [0.25, 0.3) is 0 Å². The van der Waals surface area contributed by atoms with Crippen LogP contribution >= 0.6 is 0 Å². The number of aromatic nitrogens is 3. The molecule has 3 rings (SSSR count). The molecule has 1 aliphatic carbocycles. The fourth-order valence-electron chi connectivity index (χ4n) is 2.76. The van der Waals surface area contributed by atoms with Crippen molar-refractivity contribution < 1.29 is 0 Å². The van der Waals surface area contributed by atoms with E-state index in [1.54, 1.807) is 6.33 Å². The molecule has 100 valence electrons. The molecule has 0 saturated carbocycles. The highest BCUT2D eigenvalue weighted by atomic mass is 15.3. The van der Waals surface area contributed by atoms with E-state index in [0.717, 1.165) is 38.2 Å². The van der Waals surface area contributed by atoms with Crippen molar-refractivity contribution in [2.75, 3.05) is 0 Å². The van der Waals surface area contributed by atoms with Crippen LogP contribution in [0.25, 0.3) is 0 Å². The van der Waals surface area contributed by atoms with Gasteiger partial charge in [-0.2, -0.15) is 5.10 Å². The Hall–Kier alpha value is -1.68. The zero-order chi connectivity index (χ0) is 13.1. The molecule has 1 aliphatic rings. The van der Waals surface area contributed by atoms with Crippen LogP contribution in [0.4, 0.5) is 0 Å². The predicted molar refractivity (Wildman–Crippen MR) is 74.8 cm³/mol. The first-order valence-corrected chi connectivity index (χ1v) is 7.03. The minimum absolute atomic E-state index is 0.532. The van der Waals surface area contributed by atoms with Crippen LogP contribution < -0.4 is 5.32 Å². The second kappa shape index (κ2) is 5.53. The van der Waals surface area contributed by atoms with Crippen molar-refractivity contribution in [3.8, 4) is 0 Å². The first kappa shape index (κ1) is 12.4. The van der Waals surface area contributed by atoms with Gasteiger partial charge in [0.05, 0.1) is 6.54 Å². The summed E-state index contributed by atoms with van der Waals surface area (Å²) in [4.78, 5) is 4.33. The van der Waals surface area contributed by atoms with Gasteiger partial charge in [0, 0.05) is 12.6 Å². The van der Waals surface area contributed by atoms with E-state index in [9.17, 15) is 0 Å². The van der Waals surface area contributed by atoms with Crippen LogP contribution in [0.5, 0.6) is 0 Å². The molecule has 0 unspecified atom stereocenters. The lowest BCUT2D eigenvalue weighted by molar-refractivity contribution is 0.489. The van der Waals surface area contributed by atoms with E-state index in [0.29, 0.717) is 6.04 Å². The fraction of sp³-hybridized carbons (Fsp3) is 0.467. The third-order valence-electron chi connectivity index (χ3n) is 3.73. The van der Waals surface area contributed by atoms with E-state index in [4.69, 9.17) is 0 Å². The summed E-state index contributed by atoms with van der Waals surface area (Å²) < 4.78 is 2.00. The summed E-state index contributed by atoms with van der Waals surface area (Å²) in [6, 6.07) is 9.25. The Morgan fingerprint density at radius 2 is 2.00 bits per heavy atom. The number of nitrogens with zero attached hydrogens (tertiary/aromatic N) is 3. The number of rotatable bonds is 5. The minimum atomic E-state index is 0.532. The van der Waals surface area contributed by atoms with Gasteiger partial charge in [-0.15, -0.1) is 0 Å². The van der Waals surface area contributed by atoms with Gasteiger partial charge in [-0.25, -0.2) is 9.67 Å². The van der Waals surface area contributed by atoms with E-state index in [1.807, 2.05) is 4.68 Å². The van der Waals surface area contributed by atoms with Gasteiger partial charge in [0.2, 0.25) is 0 Å². The Labute approximate surface area is 113 Å². The van der Waals surface area contributed by atoms with Gasteiger partial charge in [-0.1, -0.05) is 31.2 Å². The van der Waals surface area contributed by atoms with Gasteiger partial charge in [0.1, 0.15) is 12.2 Å². The van der Waals surface area contributed by atoms with Gasteiger partial charge in [0.15, 0.2) is 0 Å². The normalized spacial score (nSPS) is 14.8. The molecule has 1 heterocycles. The summed E-state index contributed by atoms with van der Waals surface area (Å²) in [6.45, 7) is 3.91. The largest absolute Gasteiger partial charge is 0.306 e. The van der Waals surface area contributed by atoms with Crippen molar-refractivity contribution in [1.29, 1.82) is 0 Å². The van der Waals surface area contributed by atoms with Crippen molar-refractivity contribution in [3.05, 3.63) is 47.5 Å². The summed E-state index contributed by atoms with van der Waals surface area (Å²) >= 11 is 0. The number of hydrogen-bond acceptors (Lipinski definition) is 3. The zero-order valence-corrected chi connectivity index (χ0v) is 11.3. The summed E-state index contributed by atoms with van der Waals surface area (Å²) in [5, 5.41) is 7.86. The van der Waals surface area contributed by atoms with Crippen LogP contribution in [0.3, 0.4) is 0 Å². The fourth-order valence-corrected chi connectivity index (χ4v) is 2.76. The summed E-state index contributed by atoms with van der Waals surface area (Å²) in [5.74, 6) is 1.04. The Kier molecular flexibility index (Phi) is 3.60. The molecular formula is C15H20N4. The molecule has 0 bridgehead atoms. The highest BCUT2D eigenvalue weighted by Gasteiger charge is 2.20. The summed E-state index contributed by atoms with van der Waals surface area (Å²) in [5.41, 5.74) is 2.96. The Morgan fingerprint density at radius 1 is 1.26 bits per heavy atom. The van der Waals surface area contributed by atoms with Crippen LogP contribution in [0.15, 0.2) is 30.6 Å². The number of hydrogen-bond donors (Lipinski definition) is 1. The lowest BCUT2D eigenvalue weighted by atomic mass is 10.1. The Balaban J connectivity index is 1.58. The van der Waals surface area contributed by atoms with E-state index >= 15 is 0 Å². The van der Waals surface area contributed by atoms with Crippen LogP contribution in [-0.2, 0) is 25.9 Å². The van der Waals surface area contributed by atoms with E-state index in [-0.39, 0.29) is 0 Å². The molecule has 1 aromatic carbocycles. The van der Waals surface area contributed by atoms with Crippen LogP contribution in [-0.4, -0.2) is 20.8 Å². The second-order valence-corrected chi connectivity index (χ2v) is 5.15. The van der Waals surface area contributed by atoms with Crippen molar-refractivity contribution >= 4 is 0 Å². The highest BCUT2D eigenvalue weighted by molar-refractivity contribution is 5.33. The van der Waals surface area contributed by atoms with Crippen molar-refractivity contribution in [2.45, 2.75) is 45.3 Å². The molecule has 4 heteroatoms. The minimum Gasteiger partial charge on any atom is -0.306 e. The summed E-state index contributed by atoms with van der Waals surface area (Å²) in [6.07, 6.45) is 4.98. The van der Waals surface area contributed by atoms with Crippen molar-refractivity contribution in [3.63, 3.8) is 0 Å². The molecule has 0 atom stereocenters. The number of aryl methyl sites for hydroxylation is 1. The standard InChI is InChI=1S/C15H20N4/c1-2-7-19-15(17-11-18-19)10-16-14-8-12-5-3-4-6-13(12)9-14/h3-6,11,14,16H,2,7-10H2,1H3. The third-order valence-corrected chi connectivity index (χ3v) is 3.73. The van der Waals surface area contributed by atoms with Gasteiger partial charge < -0.3 is 5.32 Å². The molecule has 19 heavy (non-hydrogen) atoms. The monoisotopic (exact) mass is 256 g/mol. The number of fused-ring (bicyclic) bond motifs is 1. The molecule has 2 aromatic rings. The second-order valence-electron chi connectivity index (χ2n) is 5.15.